The molecule has 0 saturated carbocycles. The van der Waals surface area contributed by atoms with Crippen LogP contribution >= 0.6 is 0 Å². The van der Waals surface area contributed by atoms with Gasteiger partial charge in [0.15, 0.2) is 0 Å². The van der Waals surface area contributed by atoms with Crippen LogP contribution in [-0.4, -0.2) is 48.3 Å². The first kappa shape index (κ1) is 9.96. The normalized spacial score (nSPS) is 31.5. The van der Waals surface area contributed by atoms with Crippen molar-refractivity contribution in [2.45, 2.75) is 31.8 Å². The van der Waals surface area contributed by atoms with Gasteiger partial charge < -0.3 is 10.4 Å². The summed E-state index contributed by atoms with van der Waals surface area (Å²) in [5.41, 5.74) is 0.261. The number of hydrogen-bond donors (Lipinski definition) is 2. The number of likely N-dealkylation sites (N-methyl/N-ethyl adjacent to an activating group) is 1. The Balaban J connectivity index is 2.56. The van der Waals surface area contributed by atoms with E-state index >= 15 is 0 Å². The Hall–Kier alpha value is -0.120. The summed E-state index contributed by atoms with van der Waals surface area (Å²) >= 11 is 0. The number of rotatable bonds is 1. The Morgan fingerprint density at radius 2 is 2.25 bits per heavy atom. The van der Waals surface area contributed by atoms with Crippen LogP contribution < -0.4 is 5.32 Å². The van der Waals surface area contributed by atoms with Crippen molar-refractivity contribution >= 4 is 0 Å². The van der Waals surface area contributed by atoms with E-state index in [4.69, 9.17) is 5.11 Å². The van der Waals surface area contributed by atoms with Crippen LogP contribution in [-0.2, 0) is 0 Å². The van der Waals surface area contributed by atoms with Gasteiger partial charge in [-0.3, -0.25) is 4.90 Å². The number of nitrogens with one attached hydrogen (secondary N) is 1. The van der Waals surface area contributed by atoms with Gasteiger partial charge in [0.25, 0.3) is 0 Å². The highest BCUT2D eigenvalue weighted by molar-refractivity contribution is 4.87. The van der Waals surface area contributed by atoms with Gasteiger partial charge in [0.1, 0.15) is 0 Å². The maximum Gasteiger partial charge on any atom is 0.0597 e. The van der Waals surface area contributed by atoms with Crippen LogP contribution in [0.3, 0.4) is 0 Å². The molecule has 0 spiro atoms. The van der Waals surface area contributed by atoms with Crippen LogP contribution in [0.5, 0.6) is 0 Å². The summed E-state index contributed by atoms with van der Waals surface area (Å²) in [6, 6.07) is 0.247. The van der Waals surface area contributed by atoms with E-state index in [1.807, 2.05) is 0 Å². The van der Waals surface area contributed by atoms with Gasteiger partial charge >= 0.3 is 0 Å². The molecule has 12 heavy (non-hydrogen) atoms. The predicted octanol–water partition coefficient (Wildman–Crippen LogP) is 0.0510. The summed E-state index contributed by atoms with van der Waals surface area (Å²) in [6.07, 6.45) is 1.14. The van der Waals surface area contributed by atoms with Crippen molar-refractivity contribution in [2.24, 2.45) is 0 Å². The molecule has 0 aromatic heterocycles. The highest BCUT2D eigenvalue weighted by Crippen LogP contribution is 2.18. The van der Waals surface area contributed by atoms with Crippen molar-refractivity contribution in [3.8, 4) is 0 Å². The quantitative estimate of drug-likeness (QED) is 0.587. The Morgan fingerprint density at radius 3 is 2.83 bits per heavy atom. The van der Waals surface area contributed by atoms with Gasteiger partial charge in [0.05, 0.1) is 6.61 Å². The van der Waals surface area contributed by atoms with Crippen LogP contribution in [0.25, 0.3) is 0 Å². The largest absolute Gasteiger partial charge is 0.395 e. The fourth-order valence-corrected chi connectivity index (χ4v) is 1.54. The molecule has 1 unspecified atom stereocenters. The molecule has 0 radical (unpaired) electrons. The second-order valence-electron chi connectivity index (χ2n) is 4.28. The molecule has 1 heterocycles. The fourth-order valence-electron chi connectivity index (χ4n) is 1.54. The molecule has 1 fully saturated rings. The Morgan fingerprint density at radius 1 is 1.58 bits per heavy atom. The number of aliphatic hydroxyl groups is 1. The minimum absolute atomic E-state index is 0.237. The van der Waals surface area contributed by atoms with Crippen molar-refractivity contribution in [1.82, 2.24) is 10.2 Å². The van der Waals surface area contributed by atoms with Gasteiger partial charge in [-0.1, -0.05) is 0 Å². The van der Waals surface area contributed by atoms with Gasteiger partial charge in [0.2, 0.25) is 0 Å². The van der Waals surface area contributed by atoms with E-state index < -0.39 is 0 Å². The molecule has 3 nitrogen and oxygen atoms in total. The number of nitrogens with zero attached hydrogens (tertiary/aromatic N) is 1. The monoisotopic (exact) mass is 172 g/mol. The van der Waals surface area contributed by atoms with Gasteiger partial charge in [-0.05, 0) is 33.9 Å². The molecule has 72 valence electrons. The first-order valence-electron chi connectivity index (χ1n) is 4.62. The van der Waals surface area contributed by atoms with Gasteiger partial charge in [-0.2, -0.15) is 0 Å². The van der Waals surface area contributed by atoms with Crippen molar-refractivity contribution < 1.29 is 5.11 Å². The standard InChI is InChI=1S/C9H20N2O/c1-9(2)4-5-10-8(7-12)6-11(9)3/h8,10,12H,4-7H2,1-3H3. The third kappa shape index (κ3) is 2.19. The average molecular weight is 172 g/mol. The molecular formula is C9H20N2O. The third-order valence-electron chi connectivity index (χ3n) is 2.92. The second kappa shape index (κ2) is 3.73. The summed E-state index contributed by atoms with van der Waals surface area (Å²) in [7, 11) is 2.12. The van der Waals surface area contributed by atoms with E-state index in [0.717, 1.165) is 19.5 Å². The van der Waals surface area contributed by atoms with E-state index in [1.165, 1.54) is 0 Å². The van der Waals surface area contributed by atoms with Crippen LogP contribution in [0.2, 0.25) is 0 Å². The highest BCUT2D eigenvalue weighted by atomic mass is 16.3. The number of hydrogen-bond acceptors (Lipinski definition) is 3. The molecular weight excluding hydrogens is 152 g/mol. The lowest BCUT2D eigenvalue weighted by molar-refractivity contribution is 0.140. The lowest BCUT2D eigenvalue weighted by Crippen LogP contribution is -2.44. The fraction of sp³-hybridized carbons (Fsp3) is 1.00. The molecule has 1 rings (SSSR count). The van der Waals surface area contributed by atoms with Crippen molar-refractivity contribution in [3.63, 3.8) is 0 Å². The van der Waals surface area contributed by atoms with Crippen molar-refractivity contribution in [2.75, 3.05) is 26.7 Å². The molecule has 3 heteroatoms. The van der Waals surface area contributed by atoms with E-state index in [2.05, 4.69) is 31.1 Å². The molecule has 1 aliphatic heterocycles. The average Bonchev–Trinajstić information content (AvgIpc) is 2.12. The summed E-state index contributed by atoms with van der Waals surface area (Å²) in [6.45, 7) is 6.66. The van der Waals surface area contributed by atoms with Crippen LogP contribution in [0.4, 0.5) is 0 Å². The SMILES string of the molecule is CN1CC(CO)NCCC1(C)C. The molecule has 0 aliphatic carbocycles. The zero-order chi connectivity index (χ0) is 9.19. The summed E-state index contributed by atoms with van der Waals surface area (Å²) in [5.74, 6) is 0. The Bertz CT molecular complexity index is 147. The van der Waals surface area contributed by atoms with E-state index in [-0.39, 0.29) is 18.2 Å². The second-order valence-corrected chi connectivity index (χ2v) is 4.28. The summed E-state index contributed by atoms with van der Waals surface area (Å²) < 4.78 is 0. The van der Waals surface area contributed by atoms with Gasteiger partial charge in [-0.25, -0.2) is 0 Å². The molecule has 1 saturated heterocycles. The topological polar surface area (TPSA) is 35.5 Å². The first-order chi connectivity index (χ1) is 5.56. The zero-order valence-electron chi connectivity index (χ0n) is 8.30. The maximum atomic E-state index is 9.01. The zero-order valence-corrected chi connectivity index (χ0v) is 8.30. The first-order valence-corrected chi connectivity index (χ1v) is 4.62. The Kier molecular flexibility index (Phi) is 3.09. The molecule has 0 aromatic rings. The molecule has 0 amide bonds. The minimum atomic E-state index is 0.237. The predicted molar refractivity (Wildman–Crippen MR) is 50.2 cm³/mol. The number of aliphatic hydroxyl groups excluding tert-OH is 1. The van der Waals surface area contributed by atoms with E-state index in [9.17, 15) is 0 Å². The van der Waals surface area contributed by atoms with E-state index in [1.54, 1.807) is 0 Å². The molecule has 0 bridgehead atoms. The Labute approximate surface area is 74.8 Å². The summed E-state index contributed by atoms with van der Waals surface area (Å²) in [5, 5.41) is 12.3. The van der Waals surface area contributed by atoms with E-state index in [0.29, 0.717) is 0 Å². The lowest BCUT2D eigenvalue weighted by atomic mass is 9.99. The van der Waals surface area contributed by atoms with Crippen molar-refractivity contribution in [1.29, 1.82) is 0 Å². The maximum absolute atomic E-state index is 9.01. The van der Waals surface area contributed by atoms with Gasteiger partial charge in [0, 0.05) is 18.1 Å². The van der Waals surface area contributed by atoms with Crippen LogP contribution in [0.15, 0.2) is 0 Å². The molecule has 1 atom stereocenters. The van der Waals surface area contributed by atoms with Crippen LogP contribution in [0.1, 0.15) is 20.3 Å². The smallest absolute Gasteiger partial charge is 0.0597 e. The highest BCUT2D eigenvalue weighted by Gasteiger charge is 2.28. The molecule has 1 aliphatic rings. The lowest BCUT2D eigenvalue weighted by Gasteiger charge is -2.34. The third-order valence-corrected chi connectivity index (χ3v) is 2.92. The minimum Gasteiger partial charge on any atom is -0.395 e. The molecule has 2 N–H and O–H groups in total. The van der Waals surface area contributed by atoms with Crippen LogP contribution in [0, 0.1) is 0 Å². The molecule has 0 aromatic carbocycles. The summed E-state index contributed by atoms with van der Waals surface area (Å²) in [4.78, 5) is 2.31. The van der Waals surface area contributed by atoms with Gasteiger partial charge in [-0.15, -0.1) is 0 Å². The van der Waals surface area contributed by atoms with Crippen molar-refractivity contribution in [3.05, 3.63) is 0 Å².